The van der Waals surface area contributed by atoms with E-state index < -0.39 is 0 Å². The third-order valence-corrected chi connectivity index (χ3v) is 9.83. The van der Waals surface area contributed by atoms with Crippen LogP contribution in [0.3, 0.4) is 0 Å². The molecule has 0 aliphatic heterocycles. The molecule has 0 radical (unpaired) electrons. The lowest BCUT2D eigenvalue weighted by molar-refractivity contribution is 1.18. The minimum Gasteiger partial charge on any atom is -0.309 e. The van der Waals surface area contributed by atoms with Crippen molar-refractivity contribution in [2.75, 3.05) is 0 Å². The van der Waals surface area contributed by atoms with Gasteiger partial charge in [-0.3, -0.25) is 4.40 Å². The average Bonchev–Trinajstić information content (AvgIpc) is 3.75. The zero-order chi connectivity index (χ0) is 29.9. The Kier molecular flexibility index (Phi) is 4.55. The van der Waals surface area contributed by atoms with Crippen LogP contribution >= 0.6 is 0 Å². The fourth-order valence-electron chi connectivity index (χ4n) is 7.81. The van der Waals surface area contributed by atoms with E-state index in [-0.39, 0.29) is 0 Å². The van der Waals surface area contributed by atoms with Gasteiger partial charge in [0.25, 0.3) is 0 Å². The topological polar surface area (TPSA) is 35.1 Å². The second kappa shape index (κ2) is 8.68. The smallest absolute Gasteiger partial charge is 0.165 e. The summed E-state index contributed by atoms with van der Waals surface area (Å²) in [5.41, 5.74) is 12.0. The summed E-state index contributed by atoms with van der Waals surface area (Å²) < 4.78 is 4.70. The molecule has 0 unspecified atom stereocenters. The van der Waals surface area contributed by atoms with Crippen molar-refractivity contribution in [2.24, 2.45) is 0 Å². The SMILES string of the molecule is c1ccc2c(c1)ccc1c2c2ccccc2n1-c1ccc(-c2ccc3c(c2)c2cccc4c5nc6ccccc6nc5n3c24)cc1. The van der Waals surface area contributed by atoms with Gasteiger partial charge in [0.1, 0.15) is 5.52 Å². The number of para-hydroxylation sites is 4. The van der Waals surface area contributed by atoms with Gasteiger partial charge in [0, 0.05) is 32.6 Å². The minimum atomic E-state index is 0.913. The Morgan fingerprint density at radius 1 is 0.435 bits per heavy atom. The molecule has 0 spiro atoms. The van der Waals surface area contributed by atoms with Gasteiger partial charge < -0.3 is 4.57 Å². The second-order valence-corrected chi connectivity index (χ2v) is 12.2. The standard InChI is InChI=1S/C42H24N4/c1-2-9-29-26(8-1)18-23-38-39(29)31-10-3-6-15-36(31)45(38)28-20-16-25(17-21-28)27-19-22-37-33(24-27)30-11-7-12-32-40-42(46(37)41(30)32)44-35-14-5-4-13-34(35)43-40/h1-24H. The molecule has 0 atom stereocenters. The molecule has 4 heteroatoms. The molecule has 0 N–H and O–H groups in total. The first-order valence-corrected chi connectivity index (χ1v) is 15.7. The van der Waals surface area contributed by atoms with Crippen molar-refractivity contribution in [2.45, 2.75) is 0 Å². The summed E-state index contributed by atoms with van der Waals surface area (Å²) >= 11 is 0. The number of aromatic nitrogens is 4. The number of benzene rings is 7. The molecular weight excluding hydrogens is 560 g/mol. The zero-order valence-electron chi connectivity index (χ0n) is 24.6. The summed E-state index contributed by atoms with van der Waals surface area (Å²) in [4.78, 5) is 10.1. The van der Waals surface area contributed by atoms with E-state index in [0.717, 1.165) is 38.8 Å². The van der Waals surface area contributed by atoms with E-state index in [0.29, 0.717) is 0 Å². The van der Waals surface area contributed by atoms with E-state index in [4.69, 9.17) is 9.97 Å². The molecule has 11 rings (SSSR count). The number of hydrogen-bond donors (Lipinski definition) is 0. The number of fused-ring (bicyclic) bond motifs is 12. The van der Waals surface area contributed by atoms with E-state index in [1.54, 1.807) is 0 Å². The van der Waals surface area contributed by atoms with Gasteiger partial charge >= 0.3 is 0 Å². The van der Waals surface area contributed by atoms with E-state index in [2.05, 4.69) is 130 Å². The largest absolute Gasteiger partial charge is 0.309 e. The maximum absolute atomic E-state index is 5.09. The first-order chi connectivity index (χ1) is 22.8. The summed E-state index contributed by atoms with van der Waals surface area (Å²) in [5, 5.41) is 8.74. The normalized spacial score (nSPS) is 12.3. The first-order valence-electron chi connectivity index (χ1n) is 15.7. The predicted octanol–water partition coefficient (Wildman–Crippen LogP) is 10.7. The number of nitrogens with zero attached hydrogens (tertiary/aromatic N) is 4. The van der Waals surface area contributed by atoms with Gasteiger partial charge in [0.15, 0.2) is 5.65 Å². The van der Waals surface area contributed by atoms with Gasteiger partial charge in [-0.15, -0.1) is 0 Å². The van der Waals surface area contributed by atoms with Crippen LogP contribution in [0.4, 0.5) is 0 Å². The lowest BCUT2D eigenvalue weighted by Crippen LogP contribution is -1.93. The zero-order valence-corrected chi connectivity index (χ0v) is 24.6. The average molecular weight is 585 g/mol. The molecule has 0 amide bonds. The van der Waals surface area contributed by atoms with Crippen molar-refractivity contribution in [1.82, 2.24) is 18.9 Å². The quantitative estimate of drug-likeness (QED) is 0.203. The third-order valence-electron chi connectivity index (χ3n) is 9.83. The Labute approximate surface area is 262 Å². The van der Waals surface area contributed by atoms with E-state index in [1.807, 2.05) is 24.3 Å². The lowest BCUT2D eigenvalue weighted by atomic mass is 10.0. The Balaban J connectivity index is 1.09. The molecule has 46 heavy (non-hydrogen) atoms. The van der Waals surface area contributed by atoms with Crippen molar-refractivity contribution >= 4 is 82.0 Å². The van der Waals surface area contributed by atoms with Crippen molar-refractivity contribution in [3.63, 3.8) is 0 Å². The van der Waals surface area contributed by atoms with Crippen LogP contribution in [0, 0.1) is 0 Å². The summed E-state index contributed by atoms with van der Waals surface area (Å²) in [6.07, 6.45) is 0. The number of rotatable bonds is 2. The van der Waals surface area contributed by atoms with E-state index in [1.165, 1.54) is 60.0 Å². The van der Waals surface area contributed by atoms with Gasteiger partial charge in [-0.1, -0.05) is 97.1 Å². The summed E-state index contributed by atoms with van der Waals surface area (Å²) in [5.74, 6) is 0. The van der Waals surface area contributed by atoms with Crippen LogP contribution in [0.25, 0.3) is 98.8 Å². The maximum atomic E-state index is 5.09. The molecule has 4 aromatic heterocycles. The Morgan fingerprint density at radius 3 is 2.02 bits per heavy atom. The molecule has 4 nitrogen and oxygen atoms in total. The molecule has 212 valence electrons. The van der Waals surface area contributed by atoms with Crippen molar-refractivity contribution < 1.29 is 0 Å². The van der Waals surface area contributed by atoms with Crippen molar-refractivity contribution in [3.8, 4) is 16.8 Å². The highest BCUT2D eigenvalue weighted by Gasteiger charge is 2.20. The van der Waals surface area contributed by atoms with Gasteiger partial charge in [-0.2, -0.15) is 0 Å². The molecule has 7 aromatic carbocycles. The molecule has 0 saturated heterocycles. The van der Waals surface area contributed by atoms with Crippen LogP contribution < -0.4 is 0 Å². The molecule has 4 heterocycles. The fraction of sp³-hybridized carbons (Fsp3) is 0. The lowest BCUT2D eigenvalue weighted by Gasteiger charge is -2.10. The van der Waals surface area contributed by atoms with E-state index in [9.17, 15) is 0 Å². The van der Waals surface area contributed by atoms with Crippen molar-refractivity contribution in [1.29, 1.82) is 0 Å². The first kappa shape index (κ1) is 24.1. The fourth-order valence-corrected chi connectivity index (χ4v) is 7.81. The highest BCUT2D eigenvalue weighted by molar-refractivity contribution is 6.23. The van der Waals surface area contributed by atoms with Gasteiger partial charge in [0.2, 0.25) is 0 Å². The highest BCUT2D eigenvalue weighted by atomic mass is 15.0. The Morgan fingerprint density at radius 2 is 1.13 bits per heavy atom. The monoisotopic (exact) mass is 584 g/mol. The van der Waals surface area contributed by atoms with Gasteiger partial charge in [-0.05, 0) is 70.4 Å². The minimum absolute atomic E-state index is 0.913. The molecule has 0 aliphatic rings. The highest BCUT2D eigenvalue weighted by Crippen LogP contribution is 2.40. The summed E-state index contributed by atoms with van der Waals surface area (Å²) in [7, 11) is 0. The summed E-state index contributed by atoms with van der Waals surface area (Å²) in [6, 6.07) is 52.4. The third kappa shape index (κ3) is 3.07. The van der Waals surface area contributed by atoms with Crippen molar-refractivity contribution in [3.05, 3.63) is 146 Å². The van der Waals surface area contributed by atoms with Gasteiger partial charge in [-0.25, -0.2) is 9.97 Å². The number of hydrogen-bond acceptors (Lipinski definition) is 2. The maximum Gasteiger partial charge on any atom is 0.165 e. The van der Waals surface area contributed by atoms with Gasteiger partial charge in [0.05, 0.1) is 33.1 Å². The second-order valence-electron chi connectivity index (χ2n) is 12.2. The summed E-state index contributed by atoms with van der Waals surface area (Å²) in [6.45, 7) is 0. The molecule has 0 aliphatic carbocycles. The Hall–Kier alpha value is -6.26. The Bertz CT molecular complexity index is 3020. The van der Waals surface area contributed by atoms with Crippen LogP contribution in [0.2, 0.25) is 0 Å². The van der Waals surface area contributed by atoms with Crippen LogP contribution in [-0.4, -0.2) is 18.9 Å². The molecule has 11 aromatic rings. The van der Waals surface area contributed by atoms with Crippen LogP contribution in [0.1, 0.15) is 0 Å². The predicted molar refractivity (Wildman–Crippen MR) is 191 cm³/mol. The molecular formula is C42H24N4. The molecule has 0 saturated carbocycles. The van der Waals surface area contributed by atoms with Crippen LogP contribution in [-0.2, 0) is 0 Å². The van der Waals surface area contributed by atoms with Crippen LogP contribution in [0.5, 0.6) is 0 Å². The molecule has 0 fully saturated rings. The molecule has 0 bridgehead atoms. The van der Waals surface area contributed by atoms with E-state index >= 15 is 0 Å². The van der Waals surface area contributed by atoms with Crippen LogP contribution in [0.15, 0.2) is 146 Å².